The molecule has 0 radical (unpaired) electrons. The smallest absolute Gasteiger partial charge is 0.105 e. The minimum Gasteiger partial charge on any atom is -0.469 e. The molecule has 0 saturated heterocycles. The van der Waals surface area contributed by atoms with Gasteiger partial charge in [-0.15, -0.1) is 22.7 Å². The van der Waals surface area contributed by atoms with Crippen LogP contribution in [0.3, 0.4) is 0 Å². The Morgan fingerprint density at radius 2 is 1.74 bits per heavy atom. The Balaban J connectivity index is 1.67. The SMILES string of the molecule is c1coc(CCNC(c2cccs2)c2cccs2)c1. The summed E-state index contributed by atoms with van der Waals surface area (Å²) < 4.78 is 5.36. The number of nitrogens with one attached hydrogen (secondary N) is 1. The van der Waals surface area contributed by atoms with Crippen molar-refractivity contribution in [2.45, 2.75) is 12.5 Å². The van der Waals surface area contributed by atoms with Crippen molar-refractivity contribution in [3.05, 3.63) is 68.9 Å². The third-order valence-electron chi connectivity index (χ3n) is 2.96. The molecule has 4 heteroatoms. The maximum absolute atomic E-state index is 5.36. The van der Waals surface area contributed by atoms with Gasteiger partial charge in [-0.2, -0.15) is 0 Å². The lowest BCUT2D eigenvalue weighted by atomic mass is 10.2. The van der Waals surface area contributed by atoms with E-state index in [1.165, 1.54) is 9.75 Å². The van der Waals surface area contributed by atoms with E-state index in [1.54, 1.807) is 28.9 Å². The van der Waals surface area contributed by atoms with E-state index in [2.05, 4.69) is 40.3 Å². The summed E-state index contributed by atoms with van der Waals surface area (Å²) in [6.45, 7) is 0.911. The Hall–Kier alpha value is -1.36. The van der Waals surface area contributed by atoms with Crippen LogP contribution >= 0.6 is 22.7 Å². The zero-order valence-corrected chi connectivity index (χ0v) is 12.0. The minimum absolute atomic E-state index is 0.301. The highest BCUT2D eigenvalue weighted by Crippen LogP contribution is 2.28. The summed E-state index contributed by atoms with van der Waals surface area (Å²) in [6.07, 6.45) is 2.64. The molecule has 3 aromatic heterocycles. The van der Waals surface area contributed by atoms with E-state index in [9.17, 15) is 0 Å². The van der Waals surface area contributed by atoms with Crippen molar-refractivity contribution in [2.75, 3.05) is 6.54 Å². The van der Waals surface area contributed by atoms with E-state index in [0.29, 0.717) is 6.04 Å². The lowest BCUT2D eigenvalue weighted by Crippen LogP contribution is -2.23. The lowest BCUT2D eigenvalue weighted by Gasteiger charge is -2.15. The van der Waals surface area contributed by atoms with Gasteiger partial charge in [-0.3, -0.25) is 0 Å². The molecule has 0 bridgehead atoms. The summed E-state index contributed by atoms with van der Waals surface area (Å²) in [6, 6.07) is 12.8. The summed E-state index contributed by atoms with van der Waals surface area (Å²) in [5.74, 6) is 1.03. The second-order valence-corrected chi connectivity index (χ2v) is 6.21. The maximum Gasteiger partial charge on any atom is 0.105 e. The summed E-state index contributed by atoms with van der Waals surface area (Å²) >= 11 is 3.60. The number of hydrogen-bond acceptors (Lipinski definition) is 4. The molecule has 0 aliphatic heterocycles. The second-order valence-electron chi connectivity index (χ2n) is 4.25. The zero-order chi connectivity index (χ0) is 12.9. The van der Waals surface area contributed by atoms with Gasteiger partial charge >= 0.3 is 0 Å². The number of furan rings is 1. The predicted molar refractivity (Wildman–Crippen MR) is 80.9 cm³/mol. The molecule has 3 rings (SSSR count). The molecule has 3 heterocycles. The van der Waals surface area contributed by atoms with Gasteiger partial charge in [-0.25, -0.2) is 0 Å². The van der Waals surface area contributed by atoms with Crippen molar-refractivity contribution in [3.8, 4) is 0 Å². The molecule has 19 heavy (non-hydrogen) atoms. The van der Waals surface area contributed by atoms with Crippen molar-refractivity contribution in [3.63, 3.8) is 0 Å². The molecule has 0 aromatic carbocycles. The molecular weight excluding hydrogens is 274 g/mol. The maximum atomic E-state index is 5.36. The van der Waals surface area contributed by atoms with Crippen molar-refractivity contribution < 1.29 is 4.42 Å². The van der Waals surface area contributed by atoms with E-state index in [1.807, 2.05) is 12.1 Å². The first kappa shape index (κ1) is 12.7. The molecule has 0 spiro atoms. The summed E-state index contributed by atoms with van der Waals surface area (Å²) in [5, 5.41) is 7.88. The molecule has 0 atom stereocenters. The van der Waals surface area contributed by atoms with Gasteiger partial charge in [-0.1, -0.05) is 12.1 Å². The third kappa shape index (κ3) is 3.15. The van der Waals surface area contributed by atoms with Crippen LogP contribution in [0.1, 0.15) is 21.6 Å². The Kier molecular flexibility index (Phi) is 4.13. The first-order valence-corrected chi connectivity index (χ1v) is 8.02. The fourth-order valence-electron chi connectivity index (χ4n) is 2.05. The van der Waals surface area contributed by atoms with Crippen LogP contribution in [0.4, 0.5) is 0 Å². The van der Waals surface area contributed by atoms with Gasteiger partial charge in [0.25, 0.3) is 0 Å². The standard InChI is InChI=1S/C15H15NOS2/c1-4-12(17-9-1)7-8-16-15(13-5-2-10-18-13)14-6-3-11-19-14/h1-6,9-11,15-16H,7-8H2. The molecule has 1 N–H and O–H groups in total. The Morgan fingerprint density at radius 3 is 2.26 bits per heavy atom. The van der Waals surface area contributed by atoms with Crippen LogP contribution < -0.4 is 5.32 Å². The van der Waals surface area contributed by atoms with Gasteiger partial charge in [0.15, 0.2) is 0 Å². The van der Waals surface area contributed by atoms with Crippen LogP contribution in [0.25, 0.3) is 0 Å². The van der Waals surface area contributed by atoms with E-state index in [-0.39, 0.29) is 0 Å². The van der Waals surface area contributed by atoms with Gasteiger partial charge in [0.2, 0.25) is 0 Å². The Bertz CT molecular complexity index is 535. The number of thiophene rings is 2. The molecule has 98 valence electrons. The highest BCUT2D eigenvalue weighted by molar-refractivity contribution is 7.11. The lowest BCUT2D eigenvalue weighted by molar-refractivity contribution is 0.493. The van der Waals surface area contributed by atoms with Crippen molar-refractivity contribution in [2.24, 2.45) is 0 Å². The first-order valence-electron chi connectivity index (χ1n) is 6.26. The highest BCUT2D eigenvalue weighted by atomic mass is 32.1. The summed E-state index contributed by atoms with van der Waals surface area (Å²) in [4.78, 5) is 2.73. The fraction of sp³-hybridized carbons (Fsp3) is 0.200. The second kappa shape index (κ2) is 6.19. The van der Waals surface area contributed by atoms with Gasteiger partial charge < -0.3 is 9.73 Å². The van der Waals surface area contributed by atoms with Gasteiger partial charge in [0.1, 0.15) is 5.76 Å². The molecule has 0 saturated carbocycles. The molecule has 0 aliphatic rings. The largest absolute Gasteiger partial charge is 0.469 e. The summed E-state index contributed by atoms with van der Waals surface area (Å²) in [7, 11) is 0. The molecule has 0 fully saturated rings. The van der Waals surface area contributed by atoms with Gasteiger partial charge in [-0.05, 0) is 35.0 Å². The topological polar surface area (TPSA) is 25.2 Å². The van der Waals surface area contributed by atoms with Crippen LogP contribution in [0, 0.1) is 0 Å². The van der Waals surface area contributed by atoms with Gasteiger partial charge in [0.05, 0.1) is 12.3 Å². The van der Waals surface area contributed by atoms with Crippen LogP contribution in [0.2, 0.25) is 0 Å². The van der Waals surface area contributed by atoms with Crippen molar-refractivity contribution in [1.82, 2.24) is 5.32 Å². The molecule has 0 amide bonds. The predicted octanol–water partition coefficient (Wildman–Crippen LogP) is 4.32. The highest BCUT2D eigenvalue weighted by Gasteiger charge is 2.15. The zero-order valence-electron chi connectivity index (χ0n) is 10.4. The number of hydrogen-bond donors (Lipinski definition) is 1. The molecule has 0 aliphatic carbocycles. The van der Waals surface area contributed by atoms with Crippen LogP contribution in [-0.2, 0) is 6.42 Å². The van der Waals surface area contributed by atoms with Crippen molar-refractivity contribution in [1.29, 1.82) is 0 Å². The van der Waals surface area contributed by atoms with E-state index < -0.39 is 0 Å². The summed E-state index contributed by atoms with van der Waals surface area (Å²) in [5.41, 5.74) is 0. The third-order valence-corrected chi connectivity index (χ3v) is 4.83. The first-order chi connectivity index (χ1) is 9.43. The Labute approximate surface area is 120 Å². The molecule has 2 nitrogen and oxygen atoms in total. The van der Waals surface area contributed by atoms with Crippen LogP contribution in [0.5, 0.6) is 0 Å². The average molecular weight is 289 g/mol. The Morgan fingerprint density at radius 1 is 1.00 bits per heavy atom. The quantitative estimate of drug-likeness (QED) is 0.731. The van der Waals surface area contributed by atoms with E-state index >= 15 is 0 Å². The van der Waals surface area contributed by atoms with Crippen LogP contribution in [0.15, 0.2) is 57.8 Å². The molecule has 0 unspecified atom stereocenters. The fourth-order valence-corrected chi connectivity index (χ4v) is 3.76. The average Bonchev–Trinajstić information content (AvgIpc) is 3.15. The van der Waals surface area contributed by atoms with E-state index in [0.717, 1.165) is 18.7 Å². The normalized spacial score (nSPS) is 11.2. The van der Waals surface area contributed by atoms with Gasteiger partial charge in [0, 0.05) is 22.7 Å². The molecular formula is C15H15NOS2. The van der Waals surface area contributed by atoms with E-state index in [4.69, 9.17) is 4.42 Å². The van der Waals surface area contributed by atoms with Crippen molar-refractivity contribution >= 4 is 22.7 Å². The number of rotatable bonds is 6. The minimum atomic E-state index is 0.301. The molecule has 3 aromatic rings. The monoisotopic (exact) mass is 289 g/mol. The van der Waals surface area contributed by atoms with Crippen LogP contribution in [-0.4, -0.2) is 6.54 Å².